The molecule has 3 rings (SSSR count). The van der Waals surface area contributed by atoms with E-state index in [-0.39, 0.29) is 16.2 Å². The molecule has 10 heteroatoms. The first-order valence-electron chi connectivity index (χ1n) is 12.9. The molecule has 0 amide bonds. The summed E-state index contributed by atoms with van der Waals surface area (Å²) in [6, 6.07) is 7.42. The van der Waals surface area contributed by atoms with Crippen LogP contribution in [0.25, 0.3) is 0 Å². The van der Waals surface area contributed by atoms with E-state index in [2.05, 4.69) is 52.2 Å². The molecule has 2 atom stereocenters. The van der Waals surface area contributed by atoms with Gasteiger partial charge in [0.05, 0.1) is 4.90 Å². The van der Waals surface area contributed by atoms with Gasteiger partial charge in [0.25, 0.3) is 10.1 Å². The molecule has 3 N–H and O–H groups in total. The molecule has 0 saturated carbocycles. The van der Waals surface area contributed by atoms with Crippen molar-refractivity contribution in [1.82, 2.24) is 10.6 Å². The molecule has 9 nitrogen and oxygen atoms in total. The number of benzene rings is 1. The molecule has 202 valence electrons. The van der Waals surface area contributed by atoms with Gasteiger partial charge >= 0.3 is 0 Å². The van der Waals surface area contributed by atoms with Gasteiger partial charge in [-0.2, -0.15) is 18.6 Å². The molecule has 2 aliphatic heterocycles. The minimum Gasteiger partial charge on any atom is -0.286 e. The van der Waals surface area contributed by atoms with Crippen molar-refractivity contribution in [3.05, 3.63) is 30.3 Å². The highest BCUT2D eigenvalue weighted by atomic mass is 32.2. The van der Waals surface area contributed by atoms with Gasteiger partial charge in [0.1, 0.15) is 22.4 Å². The van der Waals surface area contributed by atoms with Crippen molar-refractivity contribution in [3.8, 4) is 0 Å². The van der Waals surface area contributed by atoms with E-state index in [1.807, 2.05) is 12.4 Å². The molecule has 1 aromatic rings. The fourth-order valence-corrected chi connectivity index (χ4v) is 4.96. The van der Waals surface area contributed by atoms with Gasteiger partial charge in [0.2, 0.25) is 0 Å². The second-order valence-electron chi connectivity index (χ2n) is 10.4. The van der Waals surface area contributed by atoms with Crippen molar-refractivity contribution >= 4 is 22.5 Å². The maximum absolute atomic E-state index is 10.4. The quantitative estimate of drug-likeness (QED) is 0.278. The van der Waals surface area contributed by atoms with Crippen LogP contribution in [0.15, 0.2) is 55.4 Å². The first kappa shape index (κ1) is 30.2. The summed E-state index contributed by atoms with van der Waals surface area (Å²) in [5.41, 5.74) is -1.54. The monoisotopic (exact) mass is 520 g/mol. The van der Waals surface area contributed by atoms with E-state index in [9.17, 15) is 8.42 Å². The number of aliphatic imine (C=N–C) groups is 2. The molecule has 2 aliphatic rings. The van der Waals surface area contributed by atoms with Gasteiger partial charge in [-0.3, -0.25) is 25.2 Å². The van der Waals surface area contributed by atoms with Crippen molar-refractivity contribution < 1.29 is 13.0 Å². The number of rotatable bonds is 11. The zero-order chi connectivity index (χ0) is 26.9. The zero-order valence-corrected chi connectivity index (χ0v) is 23.5. The fourth-order valence-electron chi connectivity index (χ4n) is 4.46. The molecule has 2 heterocycles. The van der Waals surface area contributed by atoms with E-state index < -0.39 is 21.2 Å². The Morgan fingerprint density at radius 3 is 1.56 bits per heavy atom. The van der Waals surface area contributed by atoms with Crippen LogP contribution in [0.1, 0.15) is 80.1 Å². The maximum Gasteiger partial charge on any atom is 0.294 e. The summed E-state index contributed by atoms with van der Waals surface area (Å²) in [5, 5.41) is 16.9. The molecule has 0 radical (unpaired) electrons. The molecular formula is C26H44N6O3S. The number of hydrogen-bond acceptors (Lipinski definition) is 8. The lowest BCUT2D eigenvalue weighted by atomic mass is 9.83. The lowest BCUT2D eigenvalue weighted by Gasteiger charge is -2.42. The van der Waals surface area contributed by atoms with E-state index in [0.29, 0.717) is 0 Å². The summed E-state index contributed by atoms with van der Waals surface area (Å²) in [7, 11) is -4.00. The van der Waals surface area contributed by atoms with Crippen LogP contribution in [-0.4, -0.2) is 60.9 Å². The number of azo groups is 1. The van der Waals surface area contributed by atoms with Crippen molar-refractivity contribution in [3.63, 3.8) is 0 Å². The van der Waals surface area contributed by atoms with Crippen LogP contribution >= 0.6 is 0 Å². The Balaban J connectivity index is 0.000000380. The summed E-state index contributed by atoms with van der Waals surface area (Å²) < 4.78 is 29.2. The molecule has 0 aliphatic carbocycles. The summed E-state index contributed by atoms with van der Waals surface area (Å²) in [5.74, 6) is 0. The van der Waals surface area contributed by atoms with Gasteiger partial charge < -0.3 is 0 Å². The van der Waals surface area contributed by atoms with E-state index in [1.54, 1.807) is 18.2 Å². The van der Waals surface area contributed by atoms with E-state index in [4.69, 9.17) is 24.8 Å². The first-order chi connectivity index (χ1) is 16.8. The molecule has 2 unspecified atom stereocenters. The van der Waals surface area contributed by atoms with Crippen molar-refractivity contribution in [2.45, 2.75) is 107 Å². The van der Waals surface area contributed by atoms with Crippen LogP contribution in [0.4, 0.5) is 0 Å². The normalized spacial score (nSPS) is 24.3. The van der Waals surface area contributed by atoms with Crippen molar-refractivity contribution in [2.24, 2.45) is 20.2 Å². The van der Waals surface area contributed by atoms with E-state index in [0.717, 1.165) is 51.6 Å². The number of unbranched alkanes of at least 4 members (excludes halogenated alkanes) is 2. The number of hydrogen-bond donors (Lipinski definition) is 3. The van der Waals surface area contributed by atoms with Gasteiger partial charge in [-0.05, 0) is 65.5 Å². The van der Waals surface area contributed by atoms with Gasteiger partial charge in [0.15, 0.2) is 0 Å². The first-order valence-corrected chi connectivity index (χ1v) is 14.3. The summed E-state index contributed by atoms with van der Waals surface area (Å²) in [6.45, 7) is 14.6. The van der Waals surface area contributed by atoms with Gasteiger partial charge in [-0.25, -0.2) is 0 Å². The van der Waals surface area contributed by atoms with E-state index in [1.165, 1.54) is 12.1 Å². The summed E-state index contributed by atoms with van der Waals surface area (Å²) >= 11 is 0. The molecular weight excluding hydrogens is 476 g/mol. The molecule has 0 fully saturated rings. The van der Waals surface area contributed by atoms with Crippen LogP contribution in [0, 0.1) is 0 Å². The second-order valence-corrected chi connectivity index (χ2v) is 11.8. The third-order valence-electron chi connectivity index (χ3n) is 6.99. The van der Waals surface area contributed by atoms with Crippen LogP contribution in [0.2, 0.25) is 0 Å². The Hall–Kier alpha value is -2.01. The van der Waals surface area contributed by atoms with Crippen LogP contribution in [0.5, 0.6) is 0 Å². The second kappa shape index (κ2) is 12.5. The SMILES string of the molecule is CCCCC1(C(C)(C)N=NC(C)(C)C2(CCCC)N=CCN2)N=CCN1.O=S(=O)(O)c1ccccc1. The minimum atomic E-state index is -4.00. The highest BCUT2D eigenvalue weighted by Crippen LogP contribution is 2.38. The molecule has 0 aromatic heterocycles. The molecule has 0 saturated heterocycles. The fraction of sp³-hybridized carbons (Fsp3) is 0.692. The summed E-state index contributed by atoms with van der Waals surface area (Å²) in [4.78, 5) is 9.54. The Labute approximate surface area is 217 Å². The molecule has 36 heavy (non-hydrogen) atoms. The van der Waals surface area contributed by atoms with Gasteiger partial charge in [-0.15, -0.1) is 0 Å². The van der Waals surface area contributed by atoms with Crippen LogP contribution in [-0.2, 0) is 10.1 Å². The smallest absolute Gasteiger partial charge is 0.286 e. The van der Waals surface area contributed by atoms with Gasteiger partial charge in [-0.1, -0.05) is 44.9 Å². The lowest BCUT2D eigenvalue weighted by molar-refractivity contribution is 0.169. The molecule has 0 spiro atoms. The molecule has 1 aromatic carbocycles. The number of nitrogens with one attached hydrogen (secondary N) is 2. The highest BCUT2D eigenvalue weighted by molar-refractivity contribution is 7.85. The number of nitrogens with zero attached hydrogens (tertiary/aromatic N) is 4. The average Bonchev–Trinajstić information content (AvgIpc) is 3.53. The topological polar surface area (TPSA) is 128 Å². The predicted molar refractivity (Wildman–Crippen MR) is 147 cm³/mol. The minimum absolute atomic E-state index is 0.0741. The Morgan fingerprint density at radius 1 is 0.861 bits per heavy atom. The Kier molecular flexibility index (Phi) is 10.5. The van der Waals surface area contributed by atoms with Crippen molar-refractivity contribution in [1.29, 1.82) is 0 Å². The lowest BCUT2D eigenvalue weighted by Crippen LogP contribution is -2.57. The Bertz CT molecular complexity index is 975. The average molecular weight is 521 g/mol. The highest BCUT2D eigenvalue weighted by Gasteiger charge is 2.49. The van der Waals surface area contributed by atoms with Crippen LogP contribution in [0.3, 0.4) is 0 Å². The standard InChI is InChI=1S/C20H38N6.C6H6O3S/c1-7-9-11-19(21-13-14-22-19)17(3,4)25-26-18(5,6)20(12-10-8-2)23-15-16-24-20;7-10(8,9)6-4-2-1-3-5-6/h13,15,22,24H,7-12,14,16H2,1-6H3;1-5H,(H,7,8,9). The third-order valence-corrected chi connectivity index (χ3v) is 7.86. The van der Waals surface area contributed by atoms with E-state index >= 15 is 0 Å². The zero-order valence-electron chi connectivity index (χ0n) is 22.7. The van der Waals surface area contributed by atoms with Crippen LogP contribution < -0.4 is 10.6 Å². The third kappa shape index (κ3) is 7.27. The Morgan fingerprint density at radius 2 is 1.28 bits per heavy atom. The maximum atomic E-state index is 10.4. The largest absolute Gasteiger partial charge is 0.294 e. The molecule has 0 bridgehead atoms. The van der Waals surface area contributed by atoms with Crippen molar-refractivity contribution in [2.75, 3.05) is 13.1 Å². The predicted octanol–water partition coefficient (Wildman–Crippen LogP) is 5.05. The van der Waals surface area contributed by atoms with Gasteiger partial charge in [0, 0.05) is 25.5 Å². The summed E-state index contributed by atoms with van der Waals surface area (Å²) in [6.07, 6.45) is 10.5.